The van der Waals surface area contributed by atoms with E-state index < -0.39 is 5.97 Å². The van der Waals surface area contributed by atoms with E-state index in [1.807, 2.05) is 0 Å². The predicted molar refractivity (Wildman–Crippen MR) is 66.4 cm³/mol. The van der Waals surface area contributed by atoms with Crippen LogP contribution in [0.5, 0.6) is 0 Å². The molecule has 1 heterocycles. The Labute approximate surface area is 109 Å². The number of aromatic nitrogens is 1. The number of nitrogens with one attached hydrogen (secondary N) is 1. The minimum Gasteiger partial charge on any atom is -0.476 e. The maximum absolute atomic E-state index is 10.7. The van der Waals surface area contributed by atoms with Gasteiger partial charge in [0.25, 0.3) is 0 Å². The highest BCUT2D eigenvalue weighted by molar-refractivity contribution is 6.33. The second-order valence-corrected chi connectivity index (χ2v) is 3.80. The molecule has 0 aromatic carbocycles. The molecular formula is C12H11ClN2O3. The number of carboxylic acid groups (broad SMARTS) is 1. The fraction of sp³-hybridized carbons (Fsp3) is 0.250. The van der Waals surface area contributed by atoms with Gasteiger partial charge < -0.3 is 10.4 Å². The lowest BCUT2D eigenvalue weighted by Crippen LogP contribution is -2.20. The van der Waals surface area contributed by atoms with Crippen molar-refractivity contribution in [1.82, 2.24) is 10.3 Å². The maximum Gasteiger partial charge on any atom is 0.356 e. The largest absolute Gasteiger partial charge is 0.476 e. The van der Waals surface area contributed by atoms with Gasteiger partial charge in [0.15, 0.2) is 5.69 Å². The number of carbonyl (C=O) groups is 2. The summed E-state index contributed by atoms with van der Waals surface area (Å²) >= 11 is 5.74. The van der Waals surface area contributed by atoms with Gasteiger partial charge in [0.05, 0.1) is 5.02 Å². The third-order valence-electron chi connectivity index (χ3n) is 1.90. The predicted octanol–water partition coefficient (Wildman–Crippen LogP) is 1.31. The van der Waals surface area contributed by atoms with E-state index in [0.29, 0.717) is 18.5 Å². The Balaban J connectivity index is 2.64. The van der Waals surface area contributed by atoms with E-state index in [1.54, 1.807) is 0 Å². The topological polar surface area (TPSA) is 79.3 Å². The van der Waals surface area contributed by atoms with E-state index in [4.69, 9.17) is 16.7 Å². The number of amides is 1. The Morgan fingerprint density at radius 3 is 2.83 bits per heavy atom. The van der Waals surface area contributed by atoms with Gasteiger partial charge in [0, 0.05) is 31.6 Å². The molecule has 94 valence electrons. The van der Waals surface area contributed by atoms with Crippen LogP contribution in [0.1, 0.15) is 29.4 Å². The number of pyridine rings is 1. The highest BCUT2D eigenvalue weighted by atomic mass is 35.5. The Morgan fingerprint density at radius 1 is 1.56 bits per heavy atom. The number of rotatable bonds is 3. The normalized spacial score (nSPS) is 9.22. The number of aromatic carboxylic acids is 1. The summed E-state index contributed by atoms with van der Waals surface area (Å²) in [6.07, 6.45) is 1.85. The summed E-state index contributed by atoms with van der Waals surface area (Å²) in [7, 11) is 0. The lowest BCUT2D eigenvalue weighted by Gasteiger charge is -1.97. The minimum atomic E-state index is -1.18. The smallest absolute Gasteiger partial charge is 0.356 e. The Hall–Kier alpha value is -2.06. The molecule has 2 N–H and O–H groups in total. The highest BCUT2D eigenvalue weighted by Gasteiger charge is 2.09. The van der Waals surface area contributed by atoms with Gasteiger partial charge in [-0.1, -0.05) is 23.4 Å². The minimum absolute atomic E-state index is 0.0520. The molecular weight excluding hydrogens is 256 g/mol. The van der Waals surface area contributed by atoms with Gasteiger partial charge >= 0.3 is 5.97 Å². The molecule has 0 radical (unpaired) electrons. The van der Waals surface area contributed by atoms with E-state index in [2.05, 4.69) is 22.1 Å². The monoisotopic (exact) mass is 266 g/mol. The number of carbonyl (C=O) groups excluding carboxylic acids is 1. The second-order valence-electron chi connectivity index (χ2n) is 3.39. The van der Waals surface area contributed by atoms with Crippen LogP contribution in [0.3, 0.4) is 0 Å². The SMILES string of the molecule is CC(=O)NCCC#Cc1cnc(C(=O)O)c(Cl)c1. The molecule has 18 heavy (non-hydrogen) atoms. The van der Waals surface area contributed by atoms with Crippen molar-refractivity contribution in [2.24, 2.45) is 0 Å². The summed E-state index contributed by atoms with van der Waals surface area (Å²) in [5.41, 5.74) is 0.341. The van der Waals surface area contributed by atoms with E-state index in [1.165, 1.54) is 19.2 Å². The molecule has 0 atom stereocenters. The molecule has 0 saturated carbocycles. The van der Waals surface area contributed by atoms with Crippen LogP contribution in [0.15, 0.2) is 12.3 Å². The van der Waals surface area contributed by atoms with Crippen molar-refractivity contribution in [2.75, 3.05) is 6.54 Å². The van der Waals surface area contributed by atoms with Gasteiger partial charge in [0.1, 0.15) is 0 Å². The maximum atomic E-state index is 10.7. The van der Waals surface area contributed by atoms with Crippen LogP contribution in [-0.2, 0) is 4.79 Å². The van der Waals surface area contributed by atoms with Crippen molar-refractivity contribution in [3.63, 3.8) is 0 Å². The molecule has 1 amide bonds. The first-order chi connectivity index (χ1) is 8.50. The van der Waals surface area contributed by atoms with Crippen molar-refractivity contribution in [2.45, 2.75) is 13.3 Å². The van der Waals surface area contributed by atoms with Crippen molar-refractivity contribution < 1.29 is 14.7 Å². The van der Waals surface area contributed by atoms with E-state index in [-0.39, 0.29) is 16.6 Å². The van der Waals surface area contributed by atoms with Crippen LogP contribution in [0.25, 0.3) is 0 Å². The van der Waals surface area contributed by atoms with Gasteiger partial charge in [0.2, 0.25) is 5.91 Å². The summed E-state index contributed by atoms with van der Waals surface area (Å²) in [5, 5.41) is 11.4. The fourth-order valence-electron chi connectivity index (χ4n) is 1.13. The highest BCUT2D eigenvalue weighted by Crippen LogP contribution is 2.14. The molecule has 1 aromatic rings. The fourth-order valence-corrected chi connectivity index (χ4v) is 1.38. The molecule has 1 rings (SSSR count). The molecule has 0 fully saturated rings. The van der Waals surface area contributed by atoms with Gasteiger partial charge in [-0.25, -0.2) is 9.78 Å². The van der Waals surface area contributed by atoms with Crippen molar-refractivity contribution in [3.8, 4) is 11.8 Å². The molecule has 6 heteroatoms. The second kappa shape index (κ2) is 6.62. The molecule has 0 saturated heterocycles. The van der Waals surface area contributed by atoms with Crippen LogP contribution in [-0.4, -0.2) is 28.5 Å². The first-order valence-corrected chi connectivity index (χ1v) is 5.50. The quantitative estimate of drug-likeness (QED) is 0.639. The summed E-state index contributed by atoms with van der Waals surface area (Å²) in [6, 6.07) is 1.45. The Kier molecular flexibility index (Phi) is 5.15. The lowest BCUT2D eigenvalue weighted by molar-refractivity contribution is -0.118. The zero-order valence-corrected chi connectivity index (χ0v) is 10.4. The van der Waals surface area contributed by atoms with Crippen LogP contribution in [0, 0.1) is 11.8 Å². The van der Waals surface area contributed by atoms with Crippen molar-refractivity contribution >= 4 is 23.5 Å². The molecule has 0 unspecified atom stereocenters. The van der Waals surface area contributed by atoms with Crippen LogP contribution in [0.4, 0.5) is 0 Å². The summed E-state index contributed by atoms with van der Waals surface area (Å²) in [4.78, 5) is 25.0. The van der Waals surface area contributed by atoms with Gasteiger partial charge in [-0.3, -0.25) is 4.79 Å². The molecule has 5 nitrogen and oxygen atoms in total. The zero-order chi connectivity index (χ0) is 13.5. The van der Waals surface area contributed by atoms with Crippen molar-refractivity contribution in [3.05, 3.63) is 28.5 Å². The van der Waals surface area contributed by atoms with Gasteiger partial charge in [-0.2, -0.15) is 0 Å². The third-order valence-corrected chi connectivity index (χ3v) is 2.19. The van der Waals surface area contributed by atoms with E-state index in [0.717, 1.165) is 0 Å². The average Bonchev–Trinajstić information content (AvgIpc) is 2.27. The molecule has 0 aliphatic heterocycles. The Bertz CT molecular complexity index is 532. The lowest BCUT2D eigenvalue weighted by atomic mass is 10.2. The number of carboxylic acids is 1. The summed E-state index contributed by atoms with van der Waals surface area (Å²) < 4.78 is 0. The van der Waals surface area contributed by atoms with E-state index >= 15 is 0 Å². The van der Waals surface area contributed by atoms with Gasteiger partial charge in [-0.15, -0.1) is 0 Å². The van der Waals surface area contributed by atoms with Crippen molar-refractivity contribution in [1.29, 1.82) is 0 Å². The van der Waals surface area contributed by atoms with Crippen LogP contribution in [0.2, 0.25) is 5.02 Å². The first kappa shape index (κ1) is 14.0. The molecule has 0 spiro atoms. The van der Waals surface area contributed by atoms with Crippen LogP contribution < -0.4 is 5.32 Å². The zero-order valence-electron chi connectivity index (χ0n) is 9.66. The molecule has 0 aliphatic carbocycles. The molecule has 1 aromatic heterocycles. The number of halogens is 1. The summed E-state index contributed by atoms with van der Waals surface area (Å²) in [6.45, 7) is 1.90. The number of hydrogen-bond acceptors (Lipinski definition) is 3. The summed E-state index contributed by atoms with van der Waals surface area (Å²) in [5.74, 6) is 4.33. The molecule has 0 bridgehead atoms. The first-order valence-electron chi connectivity index (χ1n) is 5.13. The number of nitrogens with zero attached hydrogens (tertiary/aromatic N) is 1. The van der Waals surface area contributed by atoms with E-state index in [9.17, 15) is 9.59 Å². The van der Waals surface area contributed by atoms with Gasteiger partial charge in [-0.05, 0) is 6.07 Å². The third kappa shape index (κ3) is 4.44. The van der Waals surface area contributed by atoms with Crippen LogP contribution >= 0.6 is 11.6 Å². The standard InChI is InChI=1S/C12H11ClN2O3/c1-8(16)14-5-3-2-4-9-6-10(13)11(12(17)18)15-7-9/h6-7H,3,5H2,1H3,(H,14,16)(H,17,18). The average molecular weight is 267 g/mol. The number of hydrogen-bond donors (Lipinski definition) is 2. The molecule has 0 aliphatic rings. The Morgan fingerprint density at radius 2 is 2.28 bits per heavy atom.